The van der Waals surface area contributed by atoms with Crippen LogP contribution < -0.4 is 5.32 Å². The molecule has 0 unspecified atom stereocenters. The number of phenols is 1. The van der Waals surface area contributed by atoms with E-state index >= 15 is 0 Å². The maximum Gasteiger partial charge on any atom is 0.335 e. The predicted molar refractivity (Wildman–Crippen MR) is 69.9 cm³/mol. The van der Waals surface area contributed by atoms with Crippen LogP contribution in [-0.2, 0) is 0 Å². The van der Waals surface area contributed by atoms with Gasteiger partial charge in [0.25, 0.3) is 0 Å². The fourth-order valence-electron chi connectivity index (χ4n) is 1.67. The zero-order chi connectivity index (χ0) is 14.0. The molecule has 2 rings (SSSR count). The minimum atomic E-state index is -1.09. The van der Waals surface area contributed by atoms with Gasteiger partial charge in [0.05, 0.1) is 11.3 Å². The first-order chi connectivity index (χ1) is 8.95. The van der Waals surface area contributed by atoms with E-state index in [0.29, 0.717) is 11.6 Å². The number of aromatic nitrogens is 2. The lowest BCUT2D eigenvalue weighted by Crippen LogP contribution is -2.01. The van der Waals surface area contributed by atoms with Crippen molar-refractivity contribution >= 4 is 17.6 Å². The number of phenolic OH excluding ortho intramolecular Hbond substituents is 1. The van der Waals surface area contributed by atoms with Gasteiger partial charge in [-0.2, -0.15) is 0 Å². The summed E-state index contributed by atoms with van der Waals surface area (Å²) in [6, 6.07) is 5.87. The van der Waals surface area contributed by atoms with Gasteiger partial charge in [0, 0.05) is 11.4 Å². The van der Waals surface area contributed by atoms with Crippen molar-refractivity contribution in [3.63, 3.8) is 0 Å². The molecular weight excluding hydrogens is 246 g/mol. The van der Waals surface area contributed by atoms with E-state index in [2.05, 4.69) is 15.3 Å². The number of aryl methyl sites for hydroxylation is 2. The van der Waals surface area contributed by atoms with Gasteiger partial charge in [-0.3, -0.25) is 0 Å². The second-order valence-corrected chi connectivity index (χ2v) is 4.14. The number of carbonyl (C=O) groups is 1. The number of aromatic hydroxyl groups is 1. The number of nitrogens with one attached hydrogen (secondary N) is 1. The summed E-state index contributed by atoms with van der Waals surface area (Å²) in [5.74, 6) is -0.900. The summed E-state index contributed by atoms with van der Waals surface area (Å²) in [6.07, 6.45) is 0. The summed E-state index contributed by atoms with van der Waals surface area (Å²) >= 11 is 0. The number of hydrogen-bond acceptors (Lipinski definition) is 5. The lowest BCUT2D eigenvalue weighted by molar-refractivity contribution is 0.0696. The molecule has 0 aliphatic carbocycles. The van der Waals surface area contributed by atoms with Crippen molar-refractivity contribution in [2.24, 2.45) is 0 Å². The third kappa shape index (κ3) is 2.98. The normalized spacial score (nSPS) is 10.2. The summed E-state index contributed by atoms with van der Waals surface area (Å²) in [4.78, 5) is 19.1. The van der Waals surface area contributed by atoms with Crippen LogP contribution in [0.3, 0.4) is 0 Å². The van der Waals surface area contributed by atoms with Gasteiger partial charge in [-0.05, 0) is 38.1 Å². The number of aromatic carboxylic acids is 1. The van der Waals surface area contributed by atoms with Gasteiger partial charge in [0.1, 0.15) is 5.75 Å². The van der Waals surface area contributed by atoms with Gasteiger partial charge in [-0.25, -0.2) is 14.8 Å². The van der Waals surface area contributed by atoms with Gasteiger partial charge in [0.15, 0.2) is 0 Å². The molecule has 2 aromatic rings. The van der Waals surface area contributed by atoms with Crippen molar-refractivity contribution < 1.29 is 15.0 Å². The average molecular weight is 259 g/mol. The van der Waals surface area contributed by atoms with Crippen LogP contribution in [0.2, 0.25) is 0 Å². The first-order valence-electron chi connectivity index (χ1n) is 5.61. The second kappa shape index (κ2) is 4.93. The Hall–Kier alpha value is -2.63. The third-order valence-corrected chi connectivity index (χ3v) is 2.47. The van der Waals surface area contributed by atoms with Crippen LogP contribution in [0, 0.1) is 13.8 Å². The molecule has 19 heavy (non-hydrogen) atoms. The zero-order valence-electron chi connectivity index (χ0n) is 10.5. The summed E-state index contributed by atoms with van der Waals surface area (Å²) in [7, 11) is 0. The molecule has 6 nitrogen and oxygen atoms in total. The lowest BCUT2D eigenvalue weighted by Gasteiger charge is -2.08. The Bertz CT molecular complexity index is 621. The first kappa shape index (κ1) is 12.8. The largest absolute Gasteiger partial charge is 0.506 e. The summed E-state index contributed by atoms with van der Waals surface area (Å²) < 4.78 is 0. The number of hydrogen-bond donors (Lipinski definition) is 3. The second-order valence-electron chi connectivity index (χ2n) is 4.14. The molecule has 1 heterocycles. The van der Waals surface area contributed by atoms with E-state index in [4.69, 9.17) is 5.11 Å². The van der Waals surface area contributed by atoms with Gasteiger partial charge in [0.2, 0.25) is 5.95 Å². The van der Waals surface area contributed by atoms with E-state index in [1.165, 1.54) is 18.2 Å². The molecule has 6 heteroatoms. The third-order valence-electron chi connectivity index (χ3n) is 2.47. The van der Waals surface area contributed by atoms with Crippen molar-refractivity contribution in [2.75, 3.05) is 5.32 Å². The van der Waals surface area contributed by atoms with Crippen LogP contribution in [-0.4, -0.2) is 26.2 Å². The number of anilines is 2. The summed E-state index contributed by atoms with van der Waals surface area (Å²) in [5, 5.41) is 21.4. The fourth-order valence-corrected chi connectivity index (χ4v) is 1.67. The van der Waals surface area contributed by atoms with E-state index in [1.54, 1.807) is 0 Å². The molecule has 0 fully saturated rings. The van der Waals surface area contributed by atoms with Crippen LogP contribution in [0.15, 0.2) is 24.3 Å². The Kier molecular flexibility index (Phi) is 3.33. The average Bonchev–Trinajstić information content (AvgIpc) is 2.30. The molecule has 3 N–H and O–H groups in total. The molecule has 0 atom stereocenters. The lowest BCUT2D eigenvalue weighted by atomic mass is 10.2. The van der Waals surface area contributed by atoms with Gasteiger partial charge >= 0.3 is 5.97 Å². The topological polar surface area (TPSA) is 95.3 Å². The minimum absolute atomic E-state index is 0.0180. The predicted octanol–water partition coefficient (Wildman–Crippen LogP) is 2.24. The molecule has 1 aromatic heterocycles. The number of rotatable bonds is 3. The van der Waals surface area contributed by atoms with E-state index < -0.39 is 5.97 Å². The van der Waals surface area contributed by atoms with Crippen LogP contribution in [0.1, 0.15) is 21.7 Å². The molecule has 0 spiro atoms. The number of nitrogens with zero attached hydrogens (tertiary/aromatic N) is 2. The molecule has 0 radical (unpaired) electrons. The van der Waals surface area contributed by atoms with Crippen LogP contribution in [0.25, 0.3) is 0 Å². The highest BCUT2D eigenvalue weighted by Gasteiger charge is 2.09. The fraction of sp³-hybridized carbons (Fsp3) is 0.154. The van der Waals surface area contributed by atoms with Crippen molar-refractivity contribution in [3.05, 3.63) is 41.2 Å². The van der Waals surface area contributed by atoms with E-state index in [1.807, 2.05) is 19.9 Å². The summed E-state index contributed by atoms with van der Waals surface area (Å²) in [5.41, 5.74) is 1.98. The Morgan fingerprint density at radius 2 is 1.79 bits per heavy atom. The maximum absolute atomic E-state index is 10.8. The standard InChI is InChI=1S/C13H13N3O3/c1-7-5-8(2)15-13(14-7)16-10-4-3-9(12(18)19)6-11(10)17/h3-6,17H,1-2H3,(H,18,19)(H,14,15,16). The van der Waals surface area contributed by atoms with Crippen molar-refractivity contribution in [1.82, 2.24) is 9.97 Å². The monoisotopic (exact) mass is 259 g/mol. The van der Waals surface area contributed by atoms with Gasteiger partial charge in [-0.15, -0.1) is 0 Å². The van der Waals surface area contributed by atoms with E-state index in [9.17, 15) is 9.90 Å². The van der Waals surface area contributed by atoms with Gasteiger partial charge in [-0.1, -0.05) is 0 Å². The molecule has 0 saturated heterocycles. The van der Waals surface area contributed by atoms with Crippen LogP contribution >= 0.6 is 0 Å². The number of benzene rings is 1. The SMILES string of the molecule is Cc1cc(C)nc(Nc2ccc(C(=O)O)cc2O)n1. The Morgan fingerprint density at radius 1 is 1.16 bits per heavy atom. The number of carboxylic acids is 1. The summed E-state index contributed by atoms with van der Waals surface area (Å²) in [6.45, 7) is 3.68. The molecule has 0 aliphatic heterocycles. The first-order valence-corrected chi connectivity index (χ1v) is 5.61. The number of carboxylic acid groups (broad SMARTS) is 1. The smallest absolute Gasteiger partial charge is 0.335 e. The molecular formula is C13H13N3O3. The Labute approximate surface area is 109 Å². The maximum atomic E-state index is 10.8. The Morgan fingerprint density at radius 3 is 2.32 bits per heavy atom. The zero-order valence-corrected chi connectivity index (χ0v) is 10.5. The van der Waals surface area contributed by atoms with Crippen molar-refractivity contribution in [2.45, 2.75) is 13.8 Å². The van der Waals surface area contributed by atoms with E-state index in [0.717, 1.165) is 11.4 Å². The molecule has 0 bridgehead atoms. The quantitative estimate of drug-likeness (QED) is 0.732. The van der Waals surface area contributed by atoms with Crippen molar-refractivity contribution in [3.8, 4) is 5.75 Å². The van der Waals surface area contributed by atoms with Crippen LogP contribution in [0.4, 0.5) is 11.6 Å². The van der Waals surface area contributed by atoms with Crippen LogP contribution in [0.5, 0.6) is 5.75 Å². The highest BCUT2D eigenvalue weighted by atomic mass is 16.4. The Balaban J connectivity index is 2.30. The molecule has 0 saturated carbocycles. The molecule has 0 aliphatic rings. The van der Waals surface area contributed by atoms with Gasteiger partial charge < -0.3 is 15.5 Å². The molecule has 1 aromatic carbocycles. The molecule has 98 valence electrons. The highest BCUT2D eigenvalue weighted by Crippen LogP contribution is 2.26. The molecule has 0 amide bonds. The minimum Gasteiger partial charge on any atom is -0.506 e. The van der Waals surface area contributed by atoms with Crippen molar-refractivity contribution in [1.29, 1.82) is 0 Å². The highest BCUT2D eigenvalue weighted by molar-refractivity contribution is 5.89. The van der Waals surface area contributed by atoms with E-state index in [-0.39, 0.29) is 11.3 Å².